The Morgan fingerprint density at radius 1 is 1.04 bits per heavy atom. The van der Waals surface area contributed by atoms with Crippen molar-refractivity contribution in [3.05, 3.63) is 35.9 Å². The molecule has 0 N–H and O–H groups in total. The maximum absolute atomic E-state index is 6.00. The topological polar surface area (TPSA) is 43.3 Å². The van der Waals surface area contributed by atoms with E-state index in [4.69, 9.17) is 13.3 Å². The van der Waals surface area contributed by atoms with Gasteiger partial charge in [0.15, 0.2) is 0 Å². The third-order valence-corrected chi connectivity index (χ3v) is 7.00. The molecule has 0 amide bonds. The highest BCUT2D eigenvalue weighted by atomic mass is 28.4. The average molecular weight is 344 g/mol. The van der Waals surface area contributed by atoms with Gasteiger partial charge in [-0.1, -0.05) is 24.1 Å². The third kappa shape index (κ3) is 5.26. The van der Waals surface area contributed by atoms with Gasteiger partial charge in [0.05, 0.1) is 26.0 Å². The largest absolute Gasteiger partial charge is 0.501 e. The highest BCUT2D eigenvalue weighted by Gasteiger charge is 2.43. The summed E-state index contributed by atoms with van der Waals surface area (Å²) in [6, 6.07) is 10.8. The number of nitrogens with zero attached hydrogens (tertiary/aromatic N) is 2. The van der Waals surface area contributed by atoms with Crippen molar-refractivity contribution in [2.24, 2.45) is 4.99 Å². The van der Waals surface area contributed by atoms with Crippen molar-refractivity contribution in [2.75, 3.05) is 46.0 Å². The van der Waals surface area contributed by atoms with Gasteiger partial charge in [0.25, 0.3) is 0 Å². The fourth-order valence-electron chi connectivity index (χ4n) is 2.80. The van der Waals surface area contributed by atoms with Crippen molar-refractivity contribution in [1.82, 2.24) is 4.90 Å². The maximum atomic E-state index is 6.00. The summed E-state index contributed by atoms with van der Waals surface area (Å²) in [6.07, 6.45) is 2.59. The standard InChI is InChI=1S/C18H24N2O3Si/c1-2-6-18(7-3-1)8-4-9-19-10-5-17-24-21-14-11-20(12-15-22-24)13-16-23-24/h1-3,6-7,9H,5,10-17H2. The van der Waals surface area contributed by atoms with Crippen LogP contribution in [-0.4, -0.2) is 65.9 Å². The van der Waals surface area contributed by atoms with Gasteiger partial charge in [-0.3, -0.25) is 9.89 Å². The van der Waals surface area contributed by atoms with Crippen LogP contribution in [0.15, 0.2) is 35.3 Å². The highest BCUT2D eigenvalue weighted by Crippen LogP contribution is 2.21. The van der Waals surface area contributed by atoms with E-state index >= 15 is 0 Å². The summed E-state index contributed by atoms with van der Waals surface area (Å²) in [7, 11) is -2.49. The predicted molar refractivity (Wildman–Crippen MR) is 96.2 cm³/mol. The normalized spacial score (nSPS) is 27.1. The van der Waals surface area contributed by atoms with E-state index < -0.39 is 8.80 Å². The van der Waals surface area contributed by atoms with E-state index in [1.807, 2.05) is 30.3 Å². The molecule has 0 aliphatic carbocycles. The smallest absolute Gasteiger partial charge is 0.372 e. The van der Waals surface area contributed by atoms with Crippen molar-refractivity contribution in [3.63, 3.8) is 0 Å². The van der Waals surface area contributed by atoms with Crippen molar-refractivity contribution >= 4 is 15.0 Å². The molecule has 3 saturated heterocycles. The molecule has 3 aliphatic heterocycles. The molecule has 3 fully saturated rings. The van der Waals surface area contributed by atoms with Crippen LogP contribution in [0.2, 0.25) is 6.04 Å². The SMILES string of the molecule is C(#Cc1ccccc1)C=NCCC[Si]12OCCN(CCO1)CCO2. The number of aliphatic imine (C=N–C) groups is 1. The van der Waals surface area contributed by atoms with Crippen molar-refractivity contribution in [1.29, 1.82) is 0 Å². The molecular weight excluding hydrogens is 320 g/mol. The molecule has 6 heteroatoms. The molecule has 0 aromatic heterocycles. The quantitative estimate of drug-likeness (QED) is 0.362. The van der Waals surface area contributed by atoms with E-state index in [1.54, 1.807) is 6.21 Å². The van der Waals surface area contributed by atoms with Gasteiger partial charge >= 0.3 is 8.80 Å². The lowest BCUT2D eigenvalue weighted by molar-refractivity contribution is -0.00841. The first-order valence-corrected chi connectivity index (χ1v) is 10.5. The summed E-state index contributed by atoms with van der Waals surface area (Å²) in [5.41, 5.74) is 1.00. The molecule has 24 heavy (non-hydrogen) atoms. The zero-order chi connectivity index (χ0) is 16.5. The summed E-state index contributed by atoms with van der Waals surface area (Å²) in [6.45, 7) is 5.78. The second kappa shape index (κ2) is 9.11. The monoisotopic (exact) mass is 344 g/mol. The summed E-state index contributed by atoms with van der Waals surface area (Å²) < 4.78 is 18.0. The van der Waals surface area contributed by atoms with Gasteiger partial charge < -0.3 is 13.3 Å². The summed E-state index contributed by atoms with van der Waals surface area (Å²) in [5, 5.41) is 0. The molecule has 0 spiro atoms. The van der Waals surface area contributed by atoms with Gasteiger partial charge in [0.1, 0.15) is 0 Å². The maximum Gasteiger partial charge on any atom is 0.501 e. The van der Waals surface area contributed by atoms with E-state index in [9.17, 15) is 0 Å². The van der Waals surface area contributed by atoms with Gasteiger partial charge in [0, 0.05) is 37.8 Å². The Morgan fingerprint density at radius 3 is 2.38 bits per heavy atom. The van der Waals surface area contributed by atoms with Crippen molar-refractivity contribution in [3.8, 4) is 11.8 Å². The second-order valence-corrected chi connectivity index (χ2v) is 8.58. The Morgan fingerprint density at radius 2 is 1.71 bits per heavy atom. The Hall–Kier alpha value is -1.49. The van der Waals surface area contributed by atoms with Crippen LogP contribution in [0.1, 0.15) is 12.0 Å². The molecule has 128 valence electrons. The second-order valence-electron chi connectivity index (χ2n) is 5.84. The van der Waals surface area contributed by atoms with Gasteiger partial charge in [-0.05, 0) is 24.5 Å². The van der Waals surface area contributed by atoms with Crippen molar-refractivity contribution < 1.29 is 13.3 Å². The fraction of sp³-hybridized carbons (Fsp3) is 0.500. The molecule has 1 aromatic carbocycles. The highest BCUT2D eigenvalue weighted by molar-refractivity contribution is 6.60. The summed E-state index contributed by atoms with van der Waals surface area (Å²) in [4.78, 5) is 6.69. The van der Waals surface area contributed by atoms with Crippen LogP contribution >= 0.6 is 0 Å². The number of benzene rings is 1. The molecular formula is C18H24N2O3Si. The molecule has 4 rings (SSSR count). The number of fused-ring (bicyclic) bond motifs is 6. The third-order valence-electron chi connectivity index (χ3n) is 4.10. The van der Waals surface area contributed by atoms with Crippen LogP contribution in [0.3, 0.4) is 0 Å². The summed E-state index contributed by atoms with van der Waals surface area (Å²) >= 11 is 0. The lowest BCUT2D eigenvalue weighted by atomic mass is 10.2. The van der Waals surface area contributed by atoms with E-state index in [1.165, 1.54) is 0 Å². The minimum Gasteiger partial charge on any atom is -0.372 e. The minimum absolute atomic E-state index is 0.706. The van der Waals surface area contributed by atoms with E-state index in [2.05, 4.69) is 21.7 Å². The Kier molecular flexibility index (Phi) is 6.58. The molecule has 3 aliphatic rings. The van der Waals surface area contributed by atoms with Gasteiger partial charge in [-0.15, -0.1) is 0 Å². The molecule has 0 saturated carbocycles. The zero-order valence-corrected chi connectivity index (χ0v) is 14.9. The lowest BCUT2D eigenvalue weighted by Crippen LogP contribution is -2.55. The van der Waals surface area contributed by atoms with Gasteiger partial charge in [-0.2, -0.15) is 0 Å². The van der Waals surface area contributed by atoms with E-state index in [-0.39, 0.29) is 0 Å². The van der Waals surface area contributed by atoms with Crippen LogP contribution in [0, 0.1) is 11.8 Å². The Balaban J connectivity index is 1.43. The molecule has 2 bridgehead atoms. The Labute approximate surface area is 145 Å². The lowest BCUT2D eigenvalue weighted by Gasteiger charge is -2.38. The summed E-state index contributed by atoms with van der Waals surface area (Å²) in [5.74, 6) is 6.03. The van der Waals surface area contributed by atoms with Crippen LogP contribution < -0.4 is 0 Å². The molecule has 1 aromatic rings. The van der Waals surface area contributed by atoms with Crippen LogP contribution in [0.25, 0.3) is 0 Å². The predicted octanol–water partition coefficient (Wildman–Crippen LogP) is 1.82. The van der Waals surface area contributed by atoms with Crippen molar-refractivity contribution in [2.45, 2.75) is 12.5 Å². The molecule has 3 heterocycles. The zero-order valence-electron chi connectivity index (χ0n) is 13.9. The fourth-order valence-corrected chi connectivity index (χ4v) is 5.28. The van der Waals surface area contributed by atoms with E-state index in [0.29, 0.717) is 19.8 Å². The van der Waals surface area contributed by atoms with Crippen LogP contribution in [0.4, 0.5) is 0 Å². The molecule has 0 unspecified atom stereocenters. The van der Waals surface area contributed by atoms with E-state index in [0.717, 1.165) is 44.2 Å². The number of hydrogen-bond donors (Lipinski definition) is 0. The Bertz CT molecular complexity index is 571. The average Bonchev–Trinajstić information content (AvgIpc) is 2.55. The van der Waals surface area contributed by atoms with Gasteiger partial charge in [-0.25, -0.2) is 0 Å². The molecule has 0 radical (unpaired) electrons. The van der Waals surface area contributed by atoms with Crippen LogP contribution in [0.5, 0.6) is 0 Å². The minimum atomic E-state index is -2.49. The molecule has 5 nitrogen and oxygen atoms in total. The molecule has 0 atom stereocenters. The first-order chi connectivity index (χ1) is 11.9. The first kappa shape index (κ1) is 17.3. The first-order valence-electron chi connectivity index (χ1n) is 8.55. The number of rotatable bonds is 4. The van der Waals surface area contributed by atoms with Gasteiger partial charge in [0.2, 0.25) is 0 Å². The number of hydrogen-bond acceptors (Lipinski definition) is 5. The van der Waals surface area contributed by atoms with Crippen LogP contribution in [-0.2, 0) is 13.3 Å².